The third kappa shape index (κ3) is 3.08. The molecule has 1 N–H and O–H groups in total. The molecule has 1 fully saturated rings. The Hall–Kier alpha value is -3.49. The van der Waals surface area contributed by atoms with Gasteiger partial charge in [-0.15, -0.1) is 0 Å². The number of rotatable bonds is 4. The third-order valence-electron chi connectivity index (χ3n) is 5.34. The molecule has 0 spiro atoms. The highest BCUT2D eigenvalue weighted by Crippen LogP contribution is 2.34. The van der Waals surface area contributed by atoms with Crippen molar-refractivity contribution in [2.75, 3.05) is 34.8 Å². The minimum absolute atomic E-state index is 0.121. The highest BCUT2D eigenvalue weighted by Gasteiger charge is 2.37. The average Bonchev–Trinajstić information content (AvgIpc) is 3.42. The largest absolute Gasteiger partial charge is 0.444 e. The van der Waals surface area contributed by atoms with E-state index in [1.807, 2.05) is 13.0 Å². The van der Waals surface area contributed by atoms with Gasteiger partial charge in [0.25, 0.3) is 5.91 Å². The number of carbonyl (C=O) groups is 1. The van der Waals surface area contributed by atoms with E-state index < -0.39 is 0 Å². The fraction of sp³-hybridized carbons (Fsp3) is 0.350. The minimum atomic E-state index is -0.121. The summed E-state index contributed by atoms with van der Waals surface area (Å²) in [6, 6.07) is 2.09. The van der Waals surface area contributed by atoms with Gasteiger partial charge in [0, 0.05) is 38.1 Å². The lowest BCUT2D eigenvalue weighted by Gasteiger charge is -2.27. The van der Waals surface area contributed by atoms with Crippen molar-refractivity contribution in [3.63, 3.8) is 0 Å². The van der Waals surface area contributed by atoms with Gasteiger partial charge in [0.2, 0.25) is 11.8 Å². The number of fused-ring (bicyclic) bond motifs is 3. The second-order valence-corrected chi connectivity index (χ2v) is 7.14. The van der Waals surface area contributed by atoms with Gasteiger partial charge in [0.05, 0.1) is 23.6 Å². The van der Waals surface area contributed by atoms with E-state index >= 15 is 0 Å². The zero-order valence-corrected chi connectivity index (χ0v) is 16.1. The van der Waals surface area contributed by atoms with Crippen LogP contribution < -0.4 is 15.1 Å². The Labute approximate surface area is 167 Å². The summed E-state index contributed by atoms with van der Waals surface area (Å²) in [4.78, 5) is 35.0. The lowest BCUT2D eigenvalue weighted by Crippen LogP contribution is -2.39. The van der Waals surface area contributed by atoms with Crippen LogP contribution in [0.2, 0.25) is 0 Å². The van der Waals surface area contributed by atoms with E-state index in [0.29, 0.717) is 35.5 Å². The summed E-state index contributed by atoms with van der Waals surface area (Å²) in [6.45, 7) is 4.18. The van der Waals surface area contributed by atoms with Crippen molar-refractivity contribution in [2.45, 2.75) is 25.8 Å². The van der Waals surface area contributed by atoms with Crippen molar-refractivity contribution in [1.82, 2.24) is 19.9 Å². The highest BCUT2D eigenvalue weighted by atomic mass is 16.3. The van der Waals surface area contributed by atoms with Crippen LogP contribution in [-0.2, 0) is 0 Å². The Bertz CT molecular complexity index is 1040. The summed E-state index contributed by atoms with van der Waals surface area (Å²) in [7, 11) is 0. The van der Waals surface area contributed by atoms with Crippen LogP contribution in [0.5, 0.6) is 0 Å². The predicted molar refractivity (Wildman–Crippen MR) is 108 cm³/mol. The molecule has 9 nitrogen and oxygen atoms in total. The number of oxazole rings is 1. The molecule has 1 atom stereocenters. The summed E-state index contributed by atoms with van der Waals surface area (Å²) in [5.74, 6) is 1.61. The molecule has 5 rings (SSSR count). The normalized spacial score (nSPS) is 18.4. The monoisotopic (exact) mass is 391 g/mol. The van der Waals surface area contributed by atoms with Gasteiger partial charge in [0.15, 0.2) is 0 Å². The number of anilines is 3. The van der Waals surface area contributed by atoms with E-state index in [-0.39, 0.29) is 11.9 Å². The molecule has 1 amide bonds. The van der Waals surface area contributed by atoms with Gasteiger partial charge in [-0.2, -0.15) is 4.98 Å². The molecule has 29 heavy (non-hydrogen) atoms. The number of pyridine rings is 1. The third-order valence-corrected chi connectivity index (χ3v) is 5.34. The number of amides is 1. The van der Waals surface area contributed by atoms with E-state index in [2.05, 4.69) is 30.2 Å². The molecule has 9 heteroatoms. The first-order chi connectivity index (χ1) is 14.2. The van der Waals surface area contributed by atoms with Crippen LogP contribution in [0.1, 0.15) is 30.1 Å². The number of carbonyl (C=O) groups excluding carboxylic acids is 1. The predicted octanol–water partition coefficient (Wildman–Crippen LogP) is 2.59. The molecule has 3 aromatic rings. The first-order valence-electron chi connectivity index (χ1n) is 9.79. The Morgan fingerprint density at radius 2 is 2.21 bits per heavy atom. The molecule has 0 radical (unpaired) electrons. The molecule has 148 valence electrons. The molecule has 1 unspecified atom stereocenters. The molecule has 3 aromatic heterocycles. The van der Waals surface area contributed by atoms with Crippen LogP contribution in [0, 0.1) is 0 Å². The van der Waals surface area contributed by atoms with Gasteiger partial charge in [-0.05, 0) is 25.8 Å². The van der Waals surface area contributed by atoms with Gasteiger partial charge < -0.3 is 19.5 Å². The summed E-state index contributed by atoms with van der Waals surface area (Å²) in [5.41, 5.74) is 1.95. The number of aromatic nitrogens is 4. The Balaban J connectivity index is 1.57. The highest BCUT2D eigenvalue weighted by molar-refractivity contribution is 6.10. The number of nitrogens with one attached hydrogen (secondary N) is 1. The Morgan fingerprint density at radius 3 is 3.03 bits per heavy atom. The number of hydrogen-bond acceptors (Lipinski definition) is 8. The fourth-order valence-electron chi connectivity index (χ4n) is 4.01. The standard InChI is InChI=1S/C20H21N7O2/c1-2-22-20-24-11-16-17(25-20)26-6-3-4-14(26)12-27(19(16)28)15-8-13(9-21-10-15)18-23-5-7-29-18/h5,7-11,14H,2-4,6,12H2,1H3,(H,22,24,25). The minimum Gasteiger partial charge on any atom is -0.444 e. The summed E-state index contributed by atoms with van der Waals surface area (Å²) in [6.07, 6.45) is 10.2. The lowest BCUT2D eigenvalue weighted by molar-refractivity contribution is 0.0988. The number of hydrogen-bond donors (Lipinski definition) is 1. The van der Waals surface area contributed by atoms with Crippen LogP contribution in [0.15, 0.2) is 41.5 Å². The molecular formula is C20H21N7O2. The van der Waals surface area contributed by atoms with E-state index in [4.69, 9.17) is 4.42 Å². The van der Waals surface area contributed by atoms with Gasteiger partial charge in [0.1, 0.15) is 17.6 Å². The molecule has 2 aliphatic rings. The SMILES string of the molecule is CCNc1ncc2c(n1)N1CCCC1CN(c1cncc(-c3ncco3)c1)C2=O. The summed E-state index contributed by atoms with van der Waals surface area (Å²) in [5, 5.41) is 3.14. The van der Waals surface area contributed by atoms with E-state index in [0.717, 1.165) is 31.5 Å². The van der Waals surface area contributed by atoms with Crippen molar-refractivity contribution in [3.05, 3.63) is 42.7 Å². The molecule has 0 bridgehead atoms. The maximum absolute atomic E-state index is 13.5. The fourth-order valence-corrected chi connectivity index (χ4v) is 4.01. The van der Waals surface area contributed by atoms with Gasteiger partial charge in [-0.25, -0.2) is 9.97 Å². The number of nitrogens with zero attached hydrogens (tertiary/aromatic N) is 6. The smallest absolute Gasteiger partial charge is 0.263 e. The van der Waals surface area contributed by atoms with Gasteiger partial charge in [-0.1, -0.05) is 0 Å². The zero-order chi connectivity index (χ0) is 19.8. The van der Waals surface area contributed by atoms with Crippen molar-refractivity contribution in [1.29, 1.82) is 0 Å². The first kappa shape index (κ1) is 17.6. The molecule has 2 aliphatic heterocycles. The van der Waals surface area contributed by atoms with Gasteiger partial charge in [-0.3, -0.25) is 9.78 Å². The van der Waals surface area contributed by atoms with E-state index in [1.54, 1.807) is 29.7 Å². The van der Waals surface area contributed by atoms with Crippen LogP contribution in [0.3, 0.4) is 0 Å². The Morgan fingerprint density at radius 1 is 1.28 bits per heavy atom. The van der Waals surface area contributed by atoms with Crippen LogP contribution in [0.4, 0.5) is 17.5 Å². The molecule has 0 saturated carbocycles. The molecule has 0 aliphatic carbocycles. The van der Waals surface area contributed by atoms with Gasteiger partial charge >= 0.3 is 0 Å². The quantitative estimate of drug-likeness (QED) is 0.724. The van der Waals surface area contributed by atoms with Crippen molar-refractivity contribution in [3.8, 4) is 11.5 Å². The second-order valence-electron chi connectivity index (χ2n) is 7.14. The van der Waals surface area contributed by atoms with Crippen LogP contribution in [0.25, 0.3) is 11.5 Å². The van der Waals surface area contributed by atoms with E-state index in [1.165, 1.54) is 6.26 Å². The topological polar surface area (TPSA) is 100 Å². The second kappa shape index (κ2) is 7.16. The van der Waals surface area contributed by atoms with Crippen molar-refractivity contribution < 1.29 is 9.21 Å². The maximum atomic E-state index is 13.5. The summed E-state index contributed by atoms with van der Waals surface area (Å²) >= 11 is 0. The average molecular weight is 391 g/mol. The maximum Gasteiger partial charge on any atom is 0.263 e. The van der Waals surface area contributed by atoms with Crippen LogP contribution >= 0.6 is 0 Å². The first-order valence-corrected chi connectivity index (χ1v) is 9.79. The van der Waals surface area contributed by atoms with Crippen molar-refractivity contribution >= 4 is 23.4 Å². The lowest BCUT2D eigenvalue weighted by atomic mass is 10.2. The van der Waals surface area contributed by atoms with Crippen LogP contribution in [-0.4, -0.2) is 51.5 Å². The zero-order valence-electron chi connectivity index (χ0n) is 16.1. The molecule has 1 saturated heterocycles. The molecule has 0 aromatic carbocycles. The van der Waals surface area contributed by atoms with E-state index in [9.17, 15) is 4.79 Å². The Kier molecular flexibility index (Phi) is 4.34. The van der Waals surface area contributed by atoms with Crippen molar-refractivity contribution in [2.24, 2.45) is 0 Å². The molecular weight excluding hydrogens is 370 g/mol. The summed E-state index contributed by atoms with van der Waals surface area (Å²) < 4.78 is 5.39. The molecule has 5 heterocycles.